The van der Waals surface area contributed by atoms with Crippen LogP contribution in [0.5, 0.6) is 0 Å². The normalized spacial score (nSPS) is 27.0. The molecule has 3 heterocycles. The molecule has 3 unspecified atom stereocenters. The summed E-state index contributed by atoms with van der Waals surface area (Å²) >= 11 is 3.60. The van der Waals surface area contributed by atoms with Crippen LogP contribution in [0.4, 0.5) is 0 Å². The zero-order chi connectivity index (χ0) is 14.9. The van der Waals surface area contributed by atoms with Crippen LogP contribution in [0.25, 0.3) is 0 Å². The van der Waals surface area contributed by atoms with Crippen LogP contribution in [-0.4, -0.2) is 25.2 Å². The van der Waals surface area contributed by atoms with Gasteiger partial charge in [-0.25, -0.2) is 0 Å². The smallest absolute Gasteiger partial charge is 0.141 e. The van der Waals surface area contributed by atoms with Crippen LogP contribution in [0, 0.1) is 0 Å². The summed E-state index contributed by atoms with van der Waals surface area (Å²) in [5, 5.41) is 2.59. The fourth-order valence-electron chi connectivity index (χ4n) is 4.12. The van der Waals surface area contributed by atoms with Gasteiger partial charge in [-0.1, -0.05) is 52.3 Å². The van der Waals surface area contributed by atoms with Gasteiger partial charge in [0, 0.05) is 22.9 Å². The second-order valence-corrected chi connectivity index (χ2v) is 7.69. The van der Waals surface area contributed by atoms with Crippen LogP contribution >= 0.6 is 15.9 Å². The third-order valence-electron chi connectivity index (χ3n) is 5.24. The number of quaternary nitrogens is 2. The van der Waals surface area contributed by atoms with E-state index >= 15 is 0 Å². The van der Waals surface area contributed by atoms with Crippen molar-refractivity contribution in [3.05, 3.63) is 69.7 Å². The monoisotopic (exact) mass is 358 g/mol. The highest BCUT2D eigenvalue weighted by atomic mass is 79.9. The lowest BCUT2D eigenvalue weighted by Gasteiger charge is -2.38. The van der Waals surface area contributed by atoms with Gasteiger partial charge in [0.2, 0.25) is 0 Å². The molecule has 3 aliphatic rings. The summed E-state index contributed by atoms with van der Waals surface area (Å²) in [7, 11) is 0. The van der Waals surface area contributed by atoms with Crippen LogP contribution < -0.4 is 10.2 Å². The van der Waals surface area contributed by atoms with Gasteiger partial charge in [0.15, 0.2) is 0 Å². The van der Waals surface area contributed by atoms with E-state index in [1.54, 1.807) is 16.0 Å². The largest absolute Gasteiger partial charge is 0.334 e. The molecule has 2 aromatic carbocycles. The first-order valence-electron chi connectivity index (χ1n) is 8.27. The number of hydrogen-bond donors (Lipinski definition) is 2. The molecule has 2 nitrogen and oxygen atoms in total. The van der Waals surface area contributed by atoms with Gasteiger partial charge in [0.05, 0.1) is 0 Å². The number of nitrogens with one attached hydrogen (secondary N) is 1. The second kappa shape index (κ2) is 6.15. The Hall–Kier alpha value is -1.16. The van der Waals surface area contributed by atoms with E-state index in [0.29, 0.717) is 0 Å². The highest BCUT2D eigenvalue weighted by Crippen LogP contribution is 2.16. The topological polar surface area (TPSA) is 21.1 Å². The number of hydrogen-bond acceptors (Lipinski definition) is 0. The Kier molecular flexibility index (Phi) is 4.03. The van der Waals surface area contributed by atoms with Gasteiger partial charge in [-0.15, -0.1) is 0 Å². The van der Waals surface area contributed by atoms with Crippen LogP contribution in [0.2, 0.25) is 0 Å². The fourth-order valence-corrected chi connectivity index (χ4v) is 4.57. The summed E-state index contributed by atoms with van der Waals surface area (Å²) in [4.78, 5) is 1.76. The Bertz CT molecular complexity index is 670. The van der Waals surface area contributed by atoms with Crippen molar-refractivity contribution in [2.24, 2.45) is 0 Å². The van der Waals surface area contributed by atoms with Gasteiger partial charge < -0.3 is 10.2 Å². The Morgan fingerprint density at radius 1 is 1.05 bits per heavy atom. The van der Waals surface area contributed by atoms with E-state index in [1.165, 1.54) is 36.0 Å². The van der Waals surface area contributed by atoms with Gasteiger partial charge in [-0.05, 0) is 23.3 Å². The van der Waals surface area contributed by atoms with Gasteiger partial charge >= 0.3 is 0 Å². The molecule has 0 aliphatic carbocycles. The predicted octanol–water partition coefficient (Wildman–Crippen LogP) is 0.947. The zero-order valence-electron chi connectivity index (χ0n) is 12.8. The highest BCUT2D eigenvalue weighted by molar-refractivity contribution is 9.10. The van der Waals surface area contributed by atoms with Crippen LogP contribution in [0.1, 0.15) is 16.7 Å². The molecule has 1 saturated heterocycles. The van der Waals surface area contributed by atoms with Gasteiger partial charge in [0.25, 0.3) is 0 Å². The Balaban J connectivity index is 1.58. The molecule has 22 heavy (non-hydrogen) atoms. The van der Waals surface area contributed by atoms with Crippen molar-refractivity contribution in [2.75, 3.05) is 13.1 Å². The Morgan fingerprint density at radius 3 is 2.68 bits per heavy atom. The molecule has 5 rings (SSSR count). The van der Waals surface area contributed by atoms with E-state index in [4.69, 9.17) is 0 Å². The van der Waals surface area contributed by atoms with Crippen molar-refractivity contribution in [1.82, 2.24) is 0 Å². The lowest BCUT2D eigenvalue weighted by atomic mass is 9.89. The molecule has 114 valence electrons. The summed E-state index contributed by atoms with van der Waals surface area (Å²) in [5.41, 5.74) is 4.61. The van der Waals surface area contributed by atoms with Crippen molar-refractivity contribution in [3.63, 3.8) is 0 Å². The summed E-state index contributed by atoms with van der Waals surface area (Å²) in [6.45, 7) is 3.70. The van der Waals surface area contributed by atoms with Gasteiger partial charge in [0.1, 0.15) is 31.7 Å². The number of fused-ring (bicyclic) bond motifs is 2. The van der Waals surface area contributed by atoms with Crippen molar-refractivity contribution < 1.29 is 10.2 Å². The number of nitrogens with two attached hydrogens (primary N) is 1. The molecule has 3 N–H and O–H groups in total. The molecule has 1 fully saturated rings. The van der Waals surface area contributed by atoms with E-state index in [-0.39, 0.29) is 0 Å². The highest BCUT2D eigenvalue weighted by Gasteiger charge is 2.37. The van der Waals surface area contributed by atoms with Crippen molar-refractivity contribution in [3.8, 4) is 0 Å². The summed E-state index contributed by atoms with van der Waals surface area (Å²) in [6, 6.07) is 19.3. The second-order valence-electron chi connectivity index (χ2n) is 6.77. The standard InChI is InChI=1S/C19H21BrN2/c20-17-7-3-4-14(8-17)12-22-13-18-9-15-5-1-2-6-16(15)10-19(22)11-21-18/h1-8,18-19,21H,9-13H2/p+2. The molecule has 3 atom stereocenters. The molecule has 3 heteroatoms. The summed E-state index contributed by atoms with van der Waals surface area (Å²) in [5.74, 6) is 0. The summed E-state index contributed by atoms with van der Waals surface area (Å²) < 4.78 is 1.19. The number of halogens is 1. The maximum atomic E-state index is 3.60. The lowest BCUT2D eigenvalue weighted by Crippen LogP contribution is -3.25. The molecular formula is C19H23BrN2+2. The minimum Gasteiger partial charge on any atom is -0.334 e. The number of rotatable bonds is 2. The van der Waals surface area contributed by atoms with Crippen LogP contribution in [0.3, 0.4) is 0 Å². The minimum atomic E-state index is 0.733. The maximum absolute atomic E-state index is 3.60. The zero-order valence-corrected chi connectivity index (χ0v) is 14.4. The first-order valence-corrected chi connectivity index (χ1v) is 9.06. The van der Waals surface area contributed by atoms with E-state index in [1.807, 2.05) is 0 Å². The SMILES string of the molecule is Brc1cccc(C[NH+]2CC3Cc4ccccc4CC2C[NH2+]3)c1. The number of piperazine rings is 1. The van der Waals surface area contributed by atoms with E-state index in [2.05, 4.69) is 69.8 Å². The minimum absolute atomic E-state index is 0.733. The van der Waals surface area contributed by atoms with Crippen LogP contribution in [-0.2, 0) is 19.4 Å². The average molecular weight is 359 g/mol. The molecule has 3 aliphatic heterocycles. The first kappa shape index (κ1) is 14.4. The average Bonchev–Trinajstić information content (AvgIpc) is 2.48. The molecular weight excluding hydrogens is 336 g/mol. The molecule has 0 spiro atoms. The van der Waals surface area contributed by atoms with Gasteiger partial charge in [-0.2, -0.15) is 0 Å². The fraction of sp³-hybridized carbons (Fsp3) is 0.368. The Morgan fingerprint density at radius 2 is 1.86 bits per heavy atom. The molecule has 0 radical (unpaired) electrons. The van der Waals surface area contributed by atoms with E-state index < -0.39 is 0 Å². The lowest BCUT2D eigenvalue weighted by molar-refractivity contribution is -0.991. The van der Waals surface area contributed by atoms with Gasteiger partial charge in [-0.3, -0.25) is 0 Å². The predicted molar refractivity (Wildman–Crippen MR) is 91.9 cm³/mol. The molecule has 0 amide bonds. The molecule has 2 bridgehead atoms. The van der Waals surface area contributed by atoms with E-state index in [0.717, 1.165) is 18.6 Å². The third-order valence-corrected chi connectivity index (χ3v) is 5.74. The first-order chi connectivity index (χ1) is 10.8. The van der Waals surface area contributed by atoms with E-state index in [9.17, 15) is 0 Å². The van der Waals surface area contributed by atoms with Crippen LogP contribution in [0.15, 0.2) is 53.0 Å². The van der Waals surface area contributed by atoms with Crippen molar-refractivity contribution in [1.29, 1.82) is 0 Å². The molecule has 2 aromatic rings. The van der Waals surface area contributed by atoms with Crippen molar-refractivity contribution in [2.45, 2.75) is 31.5 Å². The van der Waals surface area contributed by atoms with Crippen molar-refractivity contribution >= 4 is 15.9 Å². The molecule has 0 saturated carbocycles. The Labute approximate surface area is 140 Å². The quantitative estimate of drug-likeness (QED) is 0.797. The maximum Gasteiger partial charge on any atom is 0.141 e. The summed E-state index contributed by atoms with van der Waals surface area (Å²) in [6.07, 6.45) is 2.45. The third kappa shape index (κ3) is 2.98. The molecule has 0 aromatic heterocycles. The number of benzene rings is 2.